The lowest BCUT2D eigenvalue weighted by molar-refractivity contribution is 0.0620. The Kier molecular flexibility index (Phi) is 5.14. The van der Waals surface area contributed by atoms with Crippen molar-refractivity contribution in [2.75, 3.05) is 5.32 Å². The van der Waals surface area contributed by atoms with Gasteiger partial charge in [-0.2, -0.15) is 9.78 Å². The summed E-state index contributed by atoms with van der Waals surface area (Å²) in [6, 6.07) is 12.4. The average Bonchev–Trinajstić information content (AvgIpc) is 2.68. The highest BCUT2D eigenvalue weighted by molar-refractivity contribution is 9.10. The Morgan fingerprint density at radius 2 is 1.87 bits per heavy atom. The summed E-state index contributed by atoms with van der Waals surface area (Å²) in [4.78, 5) is 37.5. The summed E-state index contributed by atoms with van der Waals surface area (Å²) in [7, 11) is 0. The maximum atomic E-state index is 12.8. The number of hydrogen-bond donors (Lipinski definition) is 2. The van der Waals surface area contributed by atoms with Crippen LogP contribution in [0.3, 0.4) is 0 Å². The van der Waals surface area contributed by atoms with Crippen LogP contribution in [0.1, 0.15) is 41.1 Å². The highest BCUT2D eigenvalue weighted by Crippen LogP contribution is 2.34. The minimum Gasteiger partial charge on any atom is -0.505 e. The van der Waals surface area contributed by atoms with Crippen molar-refractivity contribution in [2.45, 2.75) is 25.9 Å². The van der Waals surface area contributed by atoms with Crippen LogP contribution in [0.25, 0.3) is 5.69 Å². The van der Waals surface area contributed by atoms with Crippen molar-refractivity contribution in [3.8, 4) is 17.2 Å². The molecule has 0 unspecified atom stereocenters. The number of aromatic hydroxyl groups is 1. The number of ether oxygens (including phenoxy) is 1. The van der Waals surface area contributed by atoms with Gasteiger partial charge in [-0.3, -0.25) is 14.4 Å². The topological polar surface area (TPSA) is 111 Å². The fourth-order valence-corrected chi connectivity index (χ4v) is 3.56. The van der Waals surface area contributed by atoms with Crippen molar-refractivity contribution < 1.29 is 19.4 Å². The number of aromatic nitrogens is 2. The third-order valence-corrected chi connectivity index (χ3v) is 5.24. The summed E-state index contributed by atoms with van der Waals surface area (Å²) in [6.07, 6.45) is 0.220. The van der Waals surface area contributed by atoms with E-state index in [1.165, 1.54) is 6.07 Å². The quantitative estimate of drug-likeness (QED) is 0.587. The number of nitrogens with zero attached hydrogens (tertiary/aromatic N) is 2. The second-order valence-corrected chi connectivity index (χ2v) is 8.65. The minimum atomic E-state index is -0.729. The molecule has 0 aliphatic carbocycles. The van der Waals surface area contributed by atoms with E-state index in [0.717, 1.165) is 15.2 Å². The van der Waals surface area contributed by atoms with Crippen LogP contribution in [-0.4, -0.2) is 32.2 Å². The van der Waals surface area contributed by atoms with Gasteiger partial charge in [0.15, 0.2) is 17.2 Å². The first-order chi connectivity index (χ1) is 14.6. The molecule has 31 heavy (non-hydrogen) atoms. The van der Waals surface area contributed by atoms with Crippen LogP contribution in [0.5, 0.6) is 11.5 Å². The Hall–Kier alpha value is -3.46. The van der Waals surface area contributed by atoms with E-state index in [1.807, 2.05) is 13.8 Å². The van der Waals surface area contributed by atoms with Gasteiger partial charge in [-0.05, 0) is 56.3 Å². The normalized spacial score (nSPS) is 14.5. The van der Waals surface area contributed by atoms with Crippen molar-refractivity contribution >= 4 is 33.3 Å². The van der Waals surface area contributed by atoms with Gasteiger partial charge in [-0.15, -0.1) is 0 Å². The van der Waals surface area contributed by atoms with Crippen molar-refractivity contribution in [2.24, 2.45) is 0 Å². The van der Waals surface area contributed by atoms with E-state index in [1.54, 1.807) is 36.4 Å². The Morgan fingerprint density at radius 3 is 2.58 bits per heavy atom. The summed E-state index contributed by atoms with van der Waals surface area (Å²) >= 11 is 3.31. The molecule has 0 saturated heterocycles. The van der Waals surface area contributed by atoms with E-state index < -0.39 is 22.8 Å². The fraction of sp³-hybridized carbons (Fsp3) is 0.182. The summed E-state index contributed by atoms with van der Waals surface area (Å²) < 4.78 is 7.65. The standard InChI is InChI=1S/C22H18BrN3O5/c1-22(2)11-17(28)15-9-13(5-8-18(15)31-22)24-21(30)20-16(27)10-19(29)26(25-20)14-6-3-12(23)4-7-14/h3-10,27H,11H2,1-2H3,(H,24,30). The third kappa shape index (κ3) is 4.22. The average molecular weight is 484 g/mol. The Balaban J connectivity index is 1.64. The second kappa shape index (κ2) is 7.66. The zero-order valence-corrected chi connectivity index (χ0v) is 18.3. The molecule has 3 aromatic rings. The largest absolute Gasteiger partial charge is 0.505 e. The number of amides is 1. The number of halogens is 1. The predicted octanol–water partition coefficient (Wildman–Crippen LogP) is 3.70. The monoisotopic (exact) mass is 483 g/mol. The van der Waals surface area contributed by atoms with Gasteiger partial charge in [0.2, 0.25) is 0 Å². The Morgan fingerprint density at radius 1 is 1.16 bits per heavy atom. The van der Waals surface area contributed by atoms with Crippen molar-refractivity contribution in [3.63, 3.8) is 0 Å². The highest BCUT2D eigenvalue weighted by Gasteiger charge is 2.32. The molecule has 8 nitrogen and oxygen atoms in total. The van der Waals surface area contributed by atoms with E-state index in [4.69, 9.17) is 4.74 Å². The number of rotatable bonds is 3. The van der Waals surface area contributed by atoms with E-state index >= 15 is 0 Å². The number of carbonyl (C=O) groups excluding carboxylic acids is 2. The maximum absolute atomic E-state index is 12.8. The van der Waals surface area contributed by atoms with Gasteiger partial charge in [-0.1, -0.05) is 15.9 Å². The van der Waals surface area contributed by atoms with Gasteiger partial charge < -0.3 is 15.2 Å². The molecule has 2 N–H and O–H groups in total. The third-order valence-electron chi connectivity index (χ3n) is 4.71. The summed E-state index contributed by atoms with van der Waals surface area (Å²) in [6.45, 7) is 3.66. The molecule has 2 heterocycles. The zero-order valence-electron chi connectivity index (χ0n) is 16.7. The van der Waals surface area contributed by atoms with Gasteiger partial charge in [0.25, 0.3) is 11.5 Å². The zero-order chi connectivity index (χ0) is 22.3. The van der Waals surface area contributed by atoms with Crippen LogP contribution >= 0.6 is 15.9 Å². The first-order valence-corrected chi connectivity index (χ1v) is 10.2. The molecule has 4 rings (SSSR count). The van der Waals surface area contributed by atoms with Crippen LogP contribution in [0.2, 0.25) is 0 Å². The molecule has 1 aliphatic heterocycles. The molecule has 0 fully saturated rings. The van der Waals surface area contributed by atoms with Crippen LogP contribution in [0, 0.1) is 0 Å². The molecule has 1 aromatic heterocycles. The maximum Gasteiger partial charge on any atom is 0.279 e. The summed E-state index contributed by atoms with van der Waals surface area (Å²) in [5.41, 5.74) is -0.372. The molecule has 0 spiro atoms. The lowest BCUT2D eigenvalue weighted by atomic mass is 9.93. The lowest BCUT2D eigenvalue weighted by Crippen LogP contribution is -2.35. The number of ketones is 1. The number of nitrogens with one attached hydrogen (secondary N) is 1. The van der Waals surface area contributed by atoms with Crippen molar-refractivity contribution in [1.82, 2.24) is 9.78 Å². The molecule has 0 saturated carbocycles. The van der Waals surface area contributed by atoms with Gasteiger partial charge in [0.1, 0.15) is 11.4 Å². The smallest absolute Gasteiger partial charge is 0.279 e. The predicted molar refractivity (Wildman–Crippen MR) is 117 cm³/mol. The number of fused-ring (bicyclic) bond motifs is 1. The fourth-order valence-electron chi connectivity index (χ4n) is 3.30. The molecule has 158 valence electrons. The molecule has 0 bridgehead atoms. The first-order valence-electron chi connectivity index (χ1n) is 9.40. The van der Waals surface area contributed by atoms with Crippen molar-refractivity contribution in [1.29, 1.82) is 0 Å². The molecule has 1 amide bonds. The Labute approximate surface area is 185 Å². The van der Waals surface area contributed by atoms with Crippen LogP contribution < -0.4 is 15.6 Å². The Bertz CT molecular complexity index is 1270. The minimum absolute atomic E-state index is 0.0906. The molecular weight excluding hydrogens is 466 g/mol. The molecule has 2 aromatic carbocycles. The second-order valence-electron chi connectivity index (χ2n) is 7.73. The van der Waals surface area contributed by atoms with Gasteiger partial charge in [-0.25, -0.2) is 0 Å². The lowest BCUT2D eigenvalue weighted by Gasteiger charge is -2.31. The first kappa shape index (κ1) is 20.8. The highest BCUT2D eigenvalue weighted by atomic mass is 79.9. The number of benzene rings is 2. The number of hydrogen-bond acceptors (Lipinski definition) is 6. The van der Waals surface area contributed by atoms with Gasteiger partial charge in [0.05, 0.1) is 17.7 Å². The van der Waals surface area contributed by atoms with Gasteiger partial charge >= 0.3 is 0 Å². The van der Waals surface area contributed by atoms with Crippen LogP contribution in [0.15, 0.2) is 57.8 Å². The number of carbonyl (C=O) groups is 2. The number of Topliss-reactive ketones (excluding diaryl/α,β-unsaturated/α-hetero) is 1. The summed E-state index contributed by atoms with van der Waals surface area (Å²) in [5.74, 6) is -0.918. The number of anilines is 1. The molecular formula is C22H18BrN3O5. The van der Waals surface area contributed by atoms with E-state index in [2.05, 4.69) is 26.3 Å². The van der Waals surface area contributed by atoms with E-state index in [0.29, 0.717) is 22.7 Å². The molecule has 9 heteroatoms. The van der Waals surface area contributed by atoms with E-state index in [9.17, 15) is 19.5 Å². The summed E-state index contributed by atoms with van der Waals surface area (Å²) in [5, 5.41) is 16.8. The van der Waals surface area contributed by atoms with E-state index in [-0.39, 0.29) is 17.9 Å². The van der Waals surface area contributed by atoms with Crippen LogP contribution in [0.4, 0.5) is 5.69 Å². The molecule has 0 atom stereocenters. The van der Waals surface area contributed by atoms with Crippen molar-refractivity contribution in [3.05, 3.63) is 74.6 Å². The van der Waals surface area contributed by atoms with Gasteiger partial charge in [0, 0.05) is 16.2 Å². The molecule has 1 aliphatic rings. The SMILES string of the molecule is CC1(C)CC(=O)c2cc(NC(=O)c3nn(-c4ccc(Br)cc4)c(=O)cc3O)ccc2O1. The van der Waals surface area contributed by atoms with Crippen LogP contribution in [-0.2, 0) is 0 Å². The molecule has 0 radical (unpaired) electrons.